The van der Waals surface area contributed by atoms with Gasteiger partial charge in [0.15, 0.2) is 0 Å². The Kier molecular flexibility index (Phi) is 11.0. The van der Waals surface area contributed by atoms with E-state index in [0.29, 0.717) is 0 Å². The molecule has 0 spiro atoms. The number of nitrogens with zero attached hydrogens (tertiary/aromatic N) is 1. The lowest BCUT2D eigenvalue weighted by Gasteiger charge is -2.51. The summed E-state index contributed by atoms with van der Waals surface area (Å²) in [7, 11) is 0. The smallest absolute Gasteiger partial charge is 0.0101 e. The van der Waals surface area contributed by atoms with Crippen molar-refractivity contribution in [1.82, 2.24) is 4.90 Å². The fraction of sp³-hybridized carbons (Fsp3) is 1.00. The van der Waals surface area contributed by atoms with Crippen molar-refractivity contribution in [2.24, 2.45) is 82.9 Å². The number of rotatable bonds is 6. The predicted octanol–water partition coefficient (Wildman–Crippen LogP) is 14.0. The van der Waals surface area contributed by atoms with Gasteiger partial charge in [-0.3, -0.25) is 4.90 Å². The van der Waals surface area contributed by atoms with Crippen molar-refractivity contribution in [2.45, 2.75) is 230 Å². The van der Waals surface area contributed by atoms with Crippen molar-refractivity contribution < 1.29 is 0 Å². The maximum atomic E-state index is 3.22. The van der Waals surface area contributed by atoms with E-state index in [1.165, 1.54) is 64.2 Å². The topological polar surface area (TPSA) is 3.24 Å². The van der Waals surface area contributed by atoms with Gasteiger partial charge in [0.2, 0.25) is 0 Å². The van der Waals surface area contributed by atoms with Gasteiger partial charge in [-0.2, -0.15) is 0 Å². The number of hydrogen-bond donors (Lipinski definition) is 0. The van der Waals surface area contributed by atoms with Gasteiger partial charge < -0.3 is 0 Å². The fourth-order valence-corrected chi connectivity index (χ4v) is 18.3. The van der Waals surface area contributed by atoms with Crippen LogP contribution >= 0.6 is 0 Å². The second-order valence-corrected chi connectivity index (χ2v) is 22.4. The van der Waals surface area contributed by atoms with Crippen molar-refractivity contribution >= 4 is 0 Å². The lowest BCUT2D eigenvalue weighted by atomic mass is 9.54. The van der Waals surface area contributed by atoms with E-state index in [4.69, 9.17) is 0 Å². The molecule has 51 heavy (non-hydrogen) atoms. The Morgan fingerprint density at radius 3 is 1.22 bits per heavy atom. The molecule has 10 rings (SSSR count). The SMILES string of the molecule is C1CCC(N(C2CCCCC2)C2CCC(C3CCC(C4CCC5CC6C7CCCCC7CC(C7CC8CCCCC8C7)C6C5C4)CC3)CC2)CC1. The Labute approximate surface area is 316 Å². The van der Waals surface area contributed by atoms with Gasteiger partial charge in [0.1, 0.15) is 0 Å². The molecule has 10 fully saturated rings. The molecular formula is C50H83N. The van der Waals surface area contributed by atoms with Gasteiger partial charge in [-0.05, 0) is 211 Å². The number of hydrogen-bond acceptors (Lipinski definition) is 1. The maximum Gasteiger partial charge on any atom is 0.0101 e. The molecule has 0 aliphatic heterocycles. The first-order chi connectivity index (χ1) is 25.3. The van der Waals surface area contributed by atoms with Crippen LogP contribution in [0, 0.1) is 82.9 Å². The lowest BCUT2D eigenvalue weighted by Crippen LogP contribution is -2.52. The van der Waals surface area contributed by atoms with Crippen LogP contribution in [-0.2, 0) is 0 Å². The first-order valence-corrected chi connectivity index (χ1v) is 25.0. The normalized spacial score (nSPS) is 49.9. The summed E-state index contributed by atoms with van der Waals surface area (Å²) in [6.45, 7) is 0. The van der Waals surface area contributed by atoms with Crippen LogP contribution in [-0.4, -0.2) is 23.0 Å². The van der Waals surface area contributed by atoms with E-state index in [1.54, 1.807) is 148 Å². The zero-order chi connectivity index (χ0) is 33.7. The van der Waals surface area contributed by atoms with E-state index >= 15 is 0 Å². The Morgan fingerprint density at radius 1 is 0.216 bits per heavy atom. The molecule has 0 bridgehead atoms. The molecule has 0 amide bonds. The summed E-state index contributed by atoms with van der Waals surface area (Å²) in [6.07, 6.45) is 52.3. The monoisotopic (exact) mass is 698 g/mol. The highest BCUT2D eigenvalue weighted by molar-refractivity contribution is 5.07. The summed E-state index contributed by atoms with van der Waals surface area (Å²) in [5.74, 6) is 15.8. The van der Waals surface area contributed by atoms with Gasteiger partial charge in [-0.15, -0.1) is 0 Å². The third-order valence-corrected chi connectivity index (χ3v) is 20.4. The molecule has 10 aliphatic rings. The van der Waals surface area contributed by atoms with Crippen LogP contribution in [0.15, 0.2) is 0 Å². The first-order valence-electron chi connectivity index (χ1n) is 25.0. The molecule has 0 aromatic carbocycles. The van der Waals surface area contributed by atoms with Gasteiger partial charge in [0.25, 0.3) is 0 Å². The molecule has 0 heterocycles. The third-order valence-electron chi connectivity index (χ3n) is 20.4. The van der Waals surface area contributed by atoms with Crippen LogP contribution in [0.5, 0.6) is 0 Å². The third kappa shape index (κ3) is 7.13. The van der Waals surface area contributed by atoms with E-state index in [1.807, 2.05) is 0 Å². The summed E-state index contributed by atoms with van der Waals surface area (Å²) in [5, 5.41) is 0. The molecule has 0 saturated heterocycles. The van der Waals surface area contributed by atoms with Crippen molar-refractivity contribution in [3.8, 4) is 0 Å². The van der Waals surface area contributed by atoms with Crippen molar-refractivity contribution in [3.63, 3.8) is 0 Å². The lowest BCUT2D eigenvalue weighted by molar-refractivity contribution is -0.0250. The number of fused-ring (bicyclic) bond motifs is 6. The molecule has 288 valence electrons. The fourth-order valence-electron chi connectivity index (χ4n) is 18.3. The molecule has 10 atom stereocenters. The second kappa shape index (κ2) is 15.8. The molecule has 10 unspecified atom stereocenters. The van der Waals surface area contributed by atoms with Gasteiger partial charge >= 0.3 is 0 Å². The standard InChI is InChI=1S/C50H83N/c1-3-14-43(15-4-1)51(44-16-5-2-6-17-44)45-27-25-35(26-28-45)34-19-21-36(22-20-34)39-23-24-41-33-49-46-18-10-9-13-40(46)32-48(50(49)47(41)31-39)42-29-37-11-7-8-12-38(37)30-42/h34-50H,1-33H2. The molecule has 0 aromatic rings. The quantitative estimate of drug-likeness (QED) is 0.267. The van der Waals surface area contributed by atoms with E-state index in [0.717, 1.165) is 101 Å². The molecule has 10 saturated carbocycles. The summed E-state index contributed by atoms with van der Waals surface area (Å²) in [4.78, 5) is 3.22. The largest absolute Gasteiger partial charge is 0.294 e. The Balaban J connectivity index is 0.759. The van der Waals surface area contributed by atoms with Crippen LogP contribution in [0.1, 0.15) is 212 Å². The van der Waals surface area contributed by atoms with Crippen LogP contribution in [0.25, 0.3) is 0 Å². The average molecular weight is 698 g/mol. The van der Waals surface area contributed by atoms with Gasteiger partial charge in [0.05, 0.1) is 0 Å². The summed E-state index contributed by atoms with van der Waals surface area (Å²) in [5.41, 5.74) is 0. The summed E-state index contributed by atoms with van der Waals surface area (Å²) < 4.78 is 0. The molecule has 1 heteroatoms. The van der Waals surface area contributed by atoms with E-state index in [2.05, 4.69) is 4.90 Å². The molecule has 1 nitrogen and oxygen atoms in total. The Hall–Kier alpha value is -0.0400. The zero-order valence-electron chi connectivity index (χ0n) is 33.6. The zero-order valence-corrected chi connectivity index (χ0v) is 33.6. The van der Waals surface area contributed by atoms with Crippen molar-refractivity contribution in [1.29, 1.82) is 0 Å². The molecule has 0 radical (unpaired) electrons. The minimum Gasteiger partial charge on any atom is -0.294 e. The summed E-state index contributed by atoms with van der Waals surface area (Å²) >= 11 is 0. The van der Waals surface area contributed by atoms with Crippen LogP contribution in [0.4, 0.5) is 0 Å². The van der Waals surface area contributed by atoms with Gasteiger partial charge in [-0.1, -0.05) is 83.5 Å². The second-order valence-electron chi connectivity index (χ2n) is 22.4. The van der Waals surface area contributed by atoms with Crippen molar-refractivity contribution in [2.75, 3.05) is 0 Å². The molecule has 0 N–H and O–H groups in total. The molecule has 10 aliphatic carbocycles. The van der Waals surface area contributed by atoms with E-state index in [-0.39, 0.29) is 0 Å². The van der Waals surface area contributed by atoms with Crippen molar-refractivity contribution in [3.05, 3.63) is 0 Å². The highest BCUT2D eigenvalue weighted by atomic mass is 15.2. The first kappa shape index (κ1) is 35.4. The predicted molar refractivity (Wildman–Crippen MR) is 214 cm³/mol. The average Bonchev–Trinajstić information content (AvgIpc) is 3.81. The Bertz CT molecular complexity index is 1070. The molecular weight excluding hydrogens is 615 g/mol. The highest BCUT2D eigenvalue weighted by Gasteiger charge is 2.58. The Morgan fingerprint density at radius 2 is 0.588 bits per heavy atom. The van der Waals surface area contributed by atoms with Gasteiger partial charge in [0, 0.05) is 18.1 Å². The highest BCUT2D eigenvalue weighted by Crippen LogP contribution is 2.66. The summed E-state index contributed by atoms with van der Waals surface area (Å²) in [6, 6.07) is 2.83. The van der Waals surface area contributed by atoms with Crippen LogP contribution in [0.2, 0.25) is 0 Å². The van der Waals surface area contributed by atoms with E-state index < -0.39 is 0 Å². The minimum atomic E-state index is 0.940. The van der Waals surface area contributed by atoms with E-state index in [9.17, 15) is 0 Å². The maximum absolute atomic E-state index is 3.22. The van der Waals surface area contributed by atoms with Crippen LogP contribution in [0.3, 0.4) is 0 Å². The van der Waals surface area contributed by atoms with Gasteiger partial charge in [-0.25, -0.2) is 0 Å². The minimum absolute atomic E-state index is 0.940. The van der Waals surface area contributed by atoms with Crippen LogP contribution < -0.4 is 0 Å². The molecule has 0 aromatic heterocycles.